The molecule has 4 aliphatic rings. The van der Waals surface area contributed by atoms with Gasteiger partial charge in [0, 0.05) is 17.5 Å². The SMILES string of the molecule is FC1(CCC2c3nc(C(F)(F)F)ccc3-c3cncn32)CCCCC1.OC(CC1c2nc(C(F)(F)F)ccc2-c2cncn21)C1CCCCC1. The van der Waals surface area contributed by atoms with E-state index in [2.05, 4.69) is 19.9 Å². The molecule has 4 aromatic heterocycles. The standard InChI is InChI=1S/C18H19F4N3.C18H20F3N3O/c19-17(7-2-1-3-8-17)9-6-13-16-12(14-10-23-11-25(13)14)4-5-15(24-16)18(20,21)22;19-18(20,21)16-7-6-12-14-9-22-10-24(14)13(17(12)23-16)8-15(25)11-4-2-1-3-5-11/h4-5,10-11,13H,1-3,6-9H2;6-7,9-11,13,15,25H,1-5,8H2. The molecule has 0 saturated heterocycles. The van der Waals surface area contributed by atoms with E-state index in [1.165, 1.54) is 18.6 Å². The summed E-state index contributed by atoms with van der Waals surface area (Å²) in [5.74, 6) is 0.218. The molecule has 0 radical (unpaired) electrons. The van der Waals surface area contributed by atoms with E-state index in [0.29, 0.717) is 54.6 Å². The molecule has 0 aromatic carbocycles. The van der Waals surface area contributed by atoms with Crippen LogP contribution in [0.15, 0.2) is 49.3 Å². The minimum Gasteiger partial charge on any atom is -0.393 e. The topological polar surface area (TPSA) is 81.7 Å². The first-order valence-electron chi connectivity index (χ1n) is 17.4. The third kappa shape index (κ3) is 6.79. The summed E-state index contributed by atoms with van der Waals surface area (Å²) in [7, 11) is 0. The molecule has 0 amide bonds. The number of alkyl halides is 7. The molecule has 14 heteroatoms. The van der Waals surface area contributed by atoms with Gasteiger partial charge in [0.15, 0.2) is 0 Å². The summed E-state index contributed by atoms with van der Waals surface area (Å²) >= 11 is 0. The first-order valence-corrected chi connectivity index (χ1v) is 17.4. The van der Waals surface area contributed by atoms with Crippen LogP contribution < -0.4 is 0 Å². The molecule has 2 fully saturated rings. The van der Waals surface area contributed by atoms with E-state index in [4.69, 9.17) is 0 Å². The van der Waals surface area contributed by atoms with Gasteiger partial charge in [-0.2, -0.15) is 26.3 Å². The zero-order valence-corrected chi connectivity index (χ0v) is 27.4. The van der Waals surface area contributed by atoms with Crippen molar-refractivity contribution in [2.24, 2.45) is 5.92 Å². The predicted octanol–water partition coefficient (Wildman–Crippen LogP) is 9.52. The zero-order valence-electron chi connectivity index (χ0n) is 27.4. The number of imidazole rings is 2. The maximum Gasteiger partial charge on any atom is 0.433 e. The van der Waals surface area contributed by atoms with Crippen molar-refractivity contribution < 1.29 is 35.8 Å². The van der Waals surface area contributed by atoms with Crippen molar-refractivity contribution in [3.8, 4) is 22.5 Å². The van der Waals surface area contributed by atoms with E-state index < -0.39 is 41.6 Å². The average molecular weight is 705 g/mol. The number of halogens is 7. The minimum absolute atomic E-state index is 0.218. The maximum atomic E-state index is 14.9. The Kier molecular flexibility index (Phi) is 9.27. The van der Waals surface area contributed by atoms with Crippen LogP contribution in [0.5, 0.6) is 0 Å². The van der Waals surface area contributed by atoms with Crippen LogP contribution in [0.4, 0.5) is 30.7 Å². The summed E-state index contributed by atoms with van der Waals surface area (Å²) in [5, 5.41) is 10.7. The van der Waals surface area contributed by atoms with Gasteiger partial charge in [0.1, 0.15) is 17.1 Å². The quantitative estimate of drug-likeness (QED) is 0.202. The Morgan fingerprint density at radius 3 is 1.76 bits per heavy atom. The van der Waals surface area contributed by atoms with Crippen molar-refractivity contribution in [3.63, 3.8) is 0 Å². The lowest BCUT2D eigenvalue weighted by atomic mass is 9.82. The molecule has 1 N–H and O–H groups in total. The average Bonchev–Trinajstić information content (AvgIpc) is 3.87. The summed E-state index contributed by atoms with van der Waals surface area (Å²) < 4.78 is 96.9. The molecule has 7 nitrogen and oxygen atoms in total. The first-order chi connectivity index (χ1) is 23.8. The number of pyridine rings is 2. The number of nitrogens with zero attached hydrogens (tertiary/aromatic N) is 6. The first kappa shape index (κ1) is 34.6. The highest BCUT2D eigenvalue weighted by atomic mass is 19.4. The molecular formula is C36H39F7N6O. The normalized spacial score (nSPS) is 21.8. The van der Waals surface area contributed by atoms with Crippen LogP contribution in [-0.2, 0) is 12.4 Å². The molecule has 2 aliphatic carbocycles. The molecule has 8 rings (SSSR count). The molecule has 2 aliphatic heterocycles. The van der Waals surface area contributed by atoms with Gasteiger partial charge in [0.25, 0.3) is 0 Å². The highest BCUT2D eigenvalue weighted by Crippen LogP contribution is 2.46. The Labute approximate surface area is 285 Å². The molecule has 2 saturated carbocycles. The zero-order chi connectivity index (χ0) is 35.3. The van der Waals surface area contributed by atoms with Crippen LogP contribution in [0.25, 0.3) is 22.5 Å². The van der Waals surface area contributed by atoms with E-state index in [-0.39, 0.29) is 12.0 Å². The van der Waals surface area contributed by atoms with Crippen LogP contribution in [0.3, 0.4) is 0 Å². The third-order valence-electron chi connectivity index (χ3n) is 10.9. The van der Waals surface area contributed by atoms with Gasteiger partial charge < -0.3 is 14.2 Å². The Morgan fingerprint density at radius 1 is 0.720 bits per heavy atom. The monoisotopic (exact) mass is 704 g/mol. The van der Waals surface area contributed by atoms with Gasteiger partial charge in [-0.15, -0.1) is 0 Å². The van der Waals surface area contributed by atoms with Crippen molar-refractivity contribution in [1.82, 2.24) is 29.1 Å². The summed E-state index contributed by atoms with van der Waals surface area (Å²) in [6.07, 6.45) is 7.38. The van der Waals surface area contributed by atoms with E-state index >= 15 is 0 Å². The fourth-order valence-electron chi connectivity index (χ4n) is 8.27. The molecule has 4 aromatic rings. The molecule has 0 spiro atoms. The van der Waals surface area contributed by atoms with Crippen LogP contribution >= 0.6 is 0 Å². The van der Waals surface area contributed by atoms with Crippen molar-refractivity contribution in [3.05, 3.63) is 72.1 Å². The Hall–Kier alpha value is -3.81. The lowest BCUT2D eigenvalue weighted by Crippen LogP contribution is -2.27. The van der Waals surface area contributed by atoms with E-state index in [0.717, 1.165) is 68.5 Å². The molecule has 0 bridgehead atoms. The molecule has 6 heterocycles. The van der Waals surface area contributed by atoms with Crippen LogP contribution in [0.1, 0.15) is 118 Å². The van der Waals surface area contributed by atoms with Gasteiger partial charge in [-0.3, -0.25) is 0 Å². The van der Waals surface area contributed by atoms with Crippen molar-refractivity contribution in [2.75, 3.05) is 0 Å². The third-order valence-corrected chi connectivity index (χ3v) is 10.9. The smallest absolute Gasteiger partial charge is 0.393 e. The van der Waals surface area contributed by atoms with Crippen molar-refractivity contribution >= 4 is 0 Å². The van der Waals surface area contributed by atoms with Crippen LogP contribution in [0, 0.1) is 5.92 Å². The van der Waals surface area contributed by atoms with Gasteiger partial charge in [-0.25, -0.2) is 24.3 Å². The fraction of sp³-hybridized carbons (Fsp3) is 0.556. The van der Waals surface area contributed by atoms with E-state index in [9.17, 15) is 35.8 Å². The number of aliphatic hydroxyl groups is 1. The largest absolute Gasteiger partial charge is 0.433 e. The van der Waals surface area contributed by atoms with E-state index in [1.54, 1.807) is 25.0 Å². The second-order valence-corrected chi connectivity index (χ2v) is 14.1. The molecule has 268 valence electrons. The lowest BCUT2D eigenvalue weighted by molar-refractivity contribution is -0.142. The Morgan fingerprint density at radius 2 is 1.22 bits per heavy atom. The minimum atomic E-state index is -4.49. The van der Waals surface area contributed by atoms with Crippen LogP contribution in [-0.4, -0.2) is 45.9 Å². The molecule has 3 unspecified atom stereocenters. The number of aromatic nitrogens is 6. The number of hydrogen-bond acceptors (Lipinski definition) is 5. The second kappa shape index (κ2) is 13.4. The molecule has 50 heavy (non-hydrogen) atoms. The summed E-state index contributed by atoms with van der Waals surface area (Å²) in [4.78, 5) is 16.0. The van der Waals surface area contributed by atoms with Gasteiger partial charge >= 0.3 is 12.4 Å². The van der Waals surface area contributed by atoms with Gasteiger partial charge in [0.2, 0.25) is 0 Å². The van der Waals surface area contributed by atoms with Gasteiger partial charge in [-0.1, -0.05) is 38.5 Å². The maximum absolute atomic E-state index is 14.9. The van der Waals surface area contributed by atoms with Crippen molar-refractivity contribution in [2.45, 2.75) is 120 Å². The van der Waals surface area contributed by atoms with Crippen LogP contribution in [0.2, 0.25) is 0 Å². The second-order valence-electron chi connectivity index (χ2n) is 14.1. The molecular weight excluding hydrogens is 665 g/mol. The highest BCUT2D eigenvalue weighted by Gasteiger charge is 2.40. The summed E-state index contributed by atoms with van der Waals surface area (Å²) in [6.45, 7) is 0. The predicted molar refractivity (Wildman–Crippen MR) is 171 cm³/mol. The number of aliphatic hydroxyl groups excluding tert-OH is 1. The fourth-order valence-corrected chi connectivity index (χ4v) is 8.27. The molecule has 3 atom stereocenters. The lowest BCUT2D eigenvalue weighted by Gasteiger charge is -2.30. The van der Waals surface area contributed by atoms with Gasteiger partial charge in [0.05, 0.1) is 66.0 Å². The van der Waals surface area contributed by atoms with E-state index in [1.807, 2.05) is 9.13 Å². The number of fused-ring (bicyclic) bond motifs is 6. The Balaban J connectivity index is 0.000000157. The van der Waals surface area contributed by atoms with Crippen molar-refractivity contribution in [1.29, 1.82) is 0 Å². The van der Waals surface area contributed by atoms with Gasteiger partial charge in [-0.05, 0) is 68.7 Å². The Bertz CT molecular complexity index is 1800. The highest BCUT2D eigenvalue weighted by molar-refractivity contribution is 5.68. The number of hydrogen-bond donors (Lipinski definition) is 1. The number of rotatable bonds is 6. The summed E-state index contributed by atoms with van der Waals surface area (Å²) in [5.41, 5.74) is 0.621. The summed E-state index contributed by atoms with van der Waals surface area (Å²) in [6, 6.07) is 4.14.